The van der Waals surface area contributed by atoms with Gasteiger partial charge in [-0.2, -0.15) is 0 Å². The van der Waals surface area contributed by atoms with E-state index >= 15 is 0 Å². The third-order valence-electron chi connectivity index (χ3n) is 1.76. The van der Waals surface area contributed by atoms with Gasteiger partial charge in [0.05, 0.1) is 6.10 Å². The second-order valence-electron chi connectivity index (χ2n) is 3.18. The quantitative estimate of drug-likeness (QED) is 0.500. The highest BCUT2D eigenvalue weighted by Crippen LogP contribution is 2.01. The molecule has 3 nitrogen and oxygen atoms in total. The van der Waals surface area contributed by atoms with Crippen LogP contribution in [0.3, 0.4) is 0 Å². The van der Waals surface area contributed by atoms with E-state index < -0.39 is 12.1 Å². The Morgan fingerprint density at radius 1 is 1.27 bits per heavy atom. The molecule has 0 aliphatic rings. The highest BCUT2D eigenvalue weighted by Gasteiger charge is 1.95. The van der Waals surface area contributed by atoms with Gasteiger partial charge in [0.25, 0.3) is 0 Å². The van der Waals surface area contributed by atoms with E-state index in [9.17, 15) is 9.90 Å². The number of carbonyl (C=O) groups is 1. The van der Waals surface area contributed by atoms with E-state index in [1.54, 1.807) is 24.3 Å². The van der Waals surface area contributed by atoms with Crippen molar-refractivity contribution in [3.63, 3.8) is 0 Å². The van der Waals surface area contributed by atoms with Crippen LogP contribution in [0, 0.1) is 0 Å². The number of hydrogen-bond acceptors (Lipinski definition) is 2. The summed E-state index contributed by atoms with van der Waals surface area (Å²) in [6.07, 6.45) is 11.6. The molecule has 84 valence electrons. The van der Waals surface area contributed by atoms with Crippen molar-refractivity contribution in [2.75, 3.05) is 0 Å². The summed E-state index contributed by atoms with van der Waals surface area (Å²) >= 11 is 0. The average Bonchev–Trinajstić information content (AvgIpc) is 2.19. The second kappa shape index (κ2) is 9.21. The summed E-state index contributed by atoms with van der Waals surface area (Å²) in [5.74, 6) is -0.966. The lowest BCUT2D eigenvalue weighted by atomic mass is 10.1. The molecule has 0 spiro atoms. The van der Waals surface area contributed by atoms with Gasteiger partial charge in [-0.1, -0.05) is 50.1 Å². The largest absolute Gasteiger partial charge is 0.478 e. The number of carboxylic acids is 1. The maximum atomic E-state index is 10.1. The van der Waals surface area contributed by atoms with Crippen molar-refractivity contribution < 1.29 is 15.0 Å². The van der Waals surface area contributed by atoms with E-state index in [0.29, 0.717) is 0 Å². The second-order valence-corrected chi connectivity index (χ2v) is 3.18. The molecule has 3 heteroatoms. The molecule has 0 rings (SSSR count). The normalized spacial score (nSPS) is 14.3. The number of unbranched alkanes of at least 4 members (excludes halogenated alkanes) is 1. The molecule has 1 atom stereocenters. The molecule has 0 saturated heterocycles. The van der Waals surface area contributed by atoms with Crippen molar-refractivity contribution in [3.8, 4) is 0 Å². The number of aliphatic hydroxyl groups excluding tert-OH is 1. The molecule has 0 radical (unpaired) electrons. The minimum Gasteiger partial charge on any atom is -0.478 e. The first-order chi connectivity index (χ1) is 7.16. The first-order valence-electron chi connectivity index (χ1n) is 5.09. The summed E-state index contributed by atoms with van der Waals surface area (Å²) in [5.41, 5.74) is 0. The molecular formula is C12H18O3. The van der Waals surface area contributed by atoms with E-state index in [-0.39, 0.29) is 0 Å². The molecule has 0 amide bonds. The minimum absolute atomic E-state index is 0.405. The zero-order valence-corrected chi connectivity index (χ0v) is 8.97. The Hall–Kier alpha value is -1.35. The van der Waals surface area contributed by atoms with Gasteiger partial charge < -0.3 is 10.2 Å². The van der Waals surface area contributed by atoms with E-state index in [4.69, 9.17) is 5.11 Å². The molecule has 0 aromatic heterocycles. The molecule has 0 aromatic carbocycles. The maximum Gasteiger partial charge on any atom is 0.328 e. The van der Waals surface area contributed by atoms with Crippen LogP contribution in [0.25, 0.3) is 0 Å². The van der Waals surface area contributed by atoms with Gasteiger partial charge in [0.2, 0.25) is 0 Å². The predicted molar refractivity (Wildman–Crippen MR) is 60.6 cm³/mol. The Bertz CT molecular complexity index is 252. The molecule has 0 aliphatic carbocycles. The van der Waals surface area contributed by atoms with Gasteiger partial charge in [-0.25, -0.2) is 4.79 Å². The van der Waals surface area contributed by atoms with Crippen LogP contribution in [0.15, 0.2) is 36.5 Å². The Morgan fingerprint density at radius 3 is 2.53 bits per heavy atom. The van der Waals surface area contributed by atoms with Crippen molar-refractivity contribution in [3.05, 3.63) is 36.5 Å². The fraction of sp³-hybridized carbons (Fsp3) is 0.417. The van der Waals surface area contributed by atoms with Crippen LogP contribution >= 0.6 is 0 Å². The highest BCUT2D eigenvalue weighted by molar-refractivity contribution is 5.80. The Morgan fingerprint density at radius 2 is 1.93 bits per heavy atom. The SMILES string of the molecule is CCCCC(O)/C=C/C=C/C=C/C(=O)O. The fourth-order valence-electron chi connectivity index (χ4n) is 0.968. The first-order valence-corrected chi connectivity index (χ1v) is 5.09. The summed E-state index contributed by atoms with van der Waals surface area (Å²) < 4.78 is 0. The molecule has 0 saturated carbocycles. The van der Waals surface area contributed by atoms with E-state index in [2.05, 4.69) is 6.92 Å². The summed E-state index contributed by atoms with van der Waals surface area (Å²) in [5, 5.41) is 17.7. The van der Waals surface area contributed by atoms with E-state index in [1.807, 2.05) is 0 Å². The van der Waals surface area contributed by atoms with Crippen LogP contribution in [0.4, 0.5) is 0 Å². The van der Waals surface area contributed by atoms with Crippen molar-refractivity contribution >= 4 is 5.97 Å². The van der Waals surface area contributed by atoms with Crippen LogP contribution < -0.4 is 0 Å². The van der Waals surface area contributed by atoms with Gasteiger partial charge in [0, 0.05) is 6.08 Å². The van der Waals surface area contributed by atoms with Crippen molar-refractivity contribution in [2.24, 2.45) is 0 Å². The number of allylic oxidation sites excluding steroid dienone is 4. The van der Waals surface area contributed by atoms with Crippen molar-refractivity contribution in [1.82, 2.24) is 0 Å². The Balaban J connectivity index is 3.73. The van der Waals surface area contributed by atoms with Gasteiger partial charge >= 0.3 is 5.97 Å². The predicted octanol–water partition coefficient (Wildman–Crippen LogP) is 2.29. The van der Waals surface area contributed by atoms with Crippen LogP contribution in [0.5, 0.6) is 0 Å². The summed E-state index contributed by atoms with van der Waals surface area (Å²) in [6.45, 7) is 2.08. The third kappa shape index (κ3) is 10.6. The van der Waals surface area contributed by atoms with Gasteiger partial charge in [-0.15, -0.1) is 0 Å². The molecule has 0 heterocycles. The molecule has 15 heavy (non-hydrogen) atoms. The Kier molecular flexibility index (Phi) is 8.39. The van der Waals surface area contributed by atoms with Crippen LogP contribution in [0.1, 0.15) is 26.2 Å². The van der Waals surface area contributed by atoms with E-state index in [1.165, 1.54) is 6.08 Å². The maximum absolute atomic E-state index is 10.1. The van der Waals surface area contributed by atoms with E-state index in [0.717, 1.165) is 25.3 Å². The fourth-order valence-corrected chi connectivity index (χ4v) is 0.968. The molecular weight excluding hydrogens is 192 g/mol. The highest BCUT2D eigenvalue weighted by atomic mass is 16.4. The van der Waals surface area contributed by atoms with Crippen LogP contribution in [-0.2, 0) is 4.79 Å². The topological polar surface area (TPSA) is 57.5 Å². The molecule has 0 fully saturated rings. The number of hydrogen-bond donors (Lipinski definition) is 2. The number of carboxylic acid groups (broad SMARTS) is 1. The summed E-state index contributed by atoms with van der Waals surface area (Å²) in [4.78, 5) is 10.1. The number of aliphatic carboxylic acids is 1. The van der Waals surface area contributed by atoms with Gasteiger partial charge in [-0.05, 0) is 6.42 Å². The minimum atomic E-state index is -0.966. The lowest BCUT2D eigenvalue weighted by Crippen LogP contribution is -2.00. The van der Waals surface area contributed by atoms with Crippen LogP contribution in [-0.4, -0.2) is 22.3 Å². The standard InChI is InChI=1S/C12H18O3/c1-2-3-8-11(13)9-6-4-5-7-10-12(14)15/h4-7,9-11,13H,2-3,8H2,1H3,(H,14,15)/b5-4+,9-6+,10-7+. The zero-order chi connectivity index (χ0) is 11.5. The van der Waals surface area contributed by atoms with Crippen molar-refractivity contribution in [2.45, 2.75) is 32.3 Å². The Labute approximate surface area is 90.4 Å². The summed E-state index contributed by atoms with van der Waals surface area (Å²) in [7, 11) is 0. The smallest absolute Gasteiger partial charge is 0.328 e. The molecule has 0 aliphatic heterocycles. The molecule has 2 N–H and O–H groups in total. The third-order valence-corrected chi connectivity index (χ3v) is 1.76. The first kappa shape index (κ1) is 13.7. The monoisotopic (exact) mass is 210 g/mol. The van der Waals surface area contributed by atoms with Crippen LogP contribution in [0.2, 0.25) is 0 Å². The average molecular weight is 210 g/mol. The van der Waals surface area contributed by atoms with Gasteiger partial charge in [0.15, 0.2) is 0 Å². The molecule has 1 unspecified atom stereocenters. The van der Waals surface area contributed by atoms with Gasteiger partial charge in [-0.3, -0.25) is 0 Å². The molecule has 0 bridgehead atoms. The molecule has 0 aromatic rings. The number of rotatable bonds is 7. The lowest BCUT2D eigenvalue weighted by molar-refractivity contribution is -0.131. The zero-order valence-electron chi connectivity index (χ0n) is 8.97. The van der Waals surface area contributed by atoms with Gasteiger partial charge in [0.1, 0.15) is 0 Å². The summed E-state index contributed by atoms with van der Waals surface area (Å²) in [6, 6.07) is 0. The lowest BCUT2D eigenvalue weighted by Gasteiger charge is -2.01. The number of aliphatic hydroxyl groups is 1. The van der Waals surface area contributed by atoms with Crippen molar-refractivity contribution in [1.29, 1.82) is 0 Å².